The lowest BCUT2D eigenvalue weighted by Gasteiger charge is -2.13. The minimum absolute atomic E-state index is 0.138. The quantitative estimate of drug-likeness (QED) is 0.246. The Morgan fingerprint density at radius 2 is 1.69 bits per heavy atom. The Hall–Kier alpha value is -3.94. The maximum absolute atomic E-state index is 12.9. The fraction of sp³-hybridized carbons (Fsp3) is 0.250. The van der Waals surface area contributed by atoms with Crippen LogP contribution in [0, 0.1) is 6.92 Å². The monoisotopic (exact) mass is 493 g/mol. The fourth-order valence-electron chi connectivity index (χ4n) is 3.95. The van der Waals surface area contributed by atoms with Gasteiger partial charge in [0.15, 0.2) is 11.6 Å². The maximum atomic E-state index is 12.9. The molecule has 4 aromatic rings. The van der Waals surface area contributed by atoms with E-state index in [4.69, 9.17) is 0 Å². The molecule has 0 fully saturated rings. The van der Waals surface area contributed by atoms with Gasteiger partial charge in [-0.05, 0) is 60.7 Å². The zero-order valence-corrected chi connectivity index (χ0v) is 20.2. The number of benzene rings is 3. The highest BCUT2D eigenvalue weighted by atomic mass is 19.4. The van der Waals surface area contributed by atoms with Crippen LogP contribution in [0.3, 0.4) is 0 Å². The number of rotatable bonds is 8. The van der Waals surface area contributed by atoms with Gasteiger partial charge >= 0.3 is 6.36 Å². The predicted octanol–water partition coefficient (Wildman–Crippen LogP) is 7.08. The van der Waals surface area contributed by atoms with Gasteiger partial charge in [-0.1, -0.05) is 55.8 Å². The van der Waals surface area contributed by atoms with Crippen molar-refractivity contribution in [3.05, 3.63) is 95.3 Å². The molecule has 4 rings (SSSR count). The Balaban J connectivity index is 1.40. The van der Waals surface area contributed by atoms with Gasteiger partial charge in [0.05, 0.1) is 5.69 Å². The number of aromatic nitrogens is 3. The lowest BCUT2D eigenvalue weighted by molar-refractivity contribution is -0.274. The van der Waals surface area contributed by atoms with Crippen molar-refractivity contribution in [2.24, 2.45) is 0 Å². The van der Waals surface area contributed by atoms with Crippen LogP contribution in [-0.2, 0) is 6.42 Å². The fourth-order valence-corrected chi connectivity index (χ4v) is 3.95. The zero-order valence-electron chi connectivity index (χ0n) is 20.2. The molecule has 36 heavy (non-hydrogen) atoms. The normalized spacial score (nSPS) is 11.6. The summed E-state index contributed by atoms with van der Waals surface area (Å²) in [5, 5.41) is 4.42. The summed E-state index contributed by atoms with van der Waals surface area (Å²) >= 11 is 0. The van der Waals surface area contributed by atoms with E-state index >= 15 is 0 Å². The number of ether oxygens (including phenoxy) is 1. The lowest BCUT2D eigenvalue weighted by Crippen LogP contribution is -2.17. The van der Waals surface area contributed by atoms with Crippen molar-refractivity contribution in [1.82, 2.24) is 14.8 Å². The highest BCUT2D eigenvalue weighted by molar-refractivity contribution is 5.98. The summed E-state index contributed by atoms with van der Waals surface area (Å²) in [5.74, 6) is 0.596. The van der Waals surface area contributed by atoms with Gasteiger partial charge in [0.1, 0.15) is 12.1 Å². The number of aryl methyl sites for hydroxylation is 2. The minimum Gasteiger partial charge on any atom is -0.406 e. The molecule has 0 saturated heterocycles. The van der Waals surface area contributed by atoms with E-state index in [0.29, 0.717) is 24.4 Å². The highest BCUT2D eigenvalue weighted by Crippen LogP contribution is 2.25. The molecule has 1 heterocycles. The first-order valence-corrected chi connectivity index (χ1v) is 11.6. The predicted molar refractivity (Wildman–Crippen MR) is 131 cm³/mol. The Morgan fingerprint density at radius 1 is 1.00 bits per heavy atom. The largest absolute Gasteiger partial charge is 0.573 e. The third-order valence-electron chi connectivity index (χ3n) is 5.81. The van der Waals surface area contributed by atoms with E-state index in [1.54, 1.807) is 0 Å². The standard InChI is InChI=1S/C28H26F3N3O2/c1-18(2)24-14-4-19(3)16-25(24)26(35)15-7-20-5-8-21(9-6-20)27-32-17-34(33-27)22-10-12-23(13-11-22)36-28(29,30)31/h4-6,8-14,16-18H,7,15H2,1-3H3. The van der Waals surface area contributed by atoms with Crippen LogP contribution in [0.5, 0.6) is 5.75 Å². The topological polar surface area (TPSA) is 57.0 Å². The van der Waals surface area contributed by atoms with Gasteiger partial charge < -0.3 is 4.74 Å². The molecule has 0 bridgehead atoms. The van der Waals surface area contributed by atoms with Crippen LogP contribution in [-0.4, -0.2) is 26.9 Å². The van der Waals surface area contributed by atoms with E-state index in [1.165, 1.54) is 35.3 Å². The van der Waals surface area contributed by atoms with Gasteiger partial charge in [0.25, 0.3) is 0 Å². The number of ketones is 1. The lowest BCUT2D eigenvalue weighted by atomic mass is 9.91. The molecular weight excluding hydrogens is 467 g/mol. The number of Topliss-reactive ketones (excluding diaryl/α,β-unsaturated/α-hetero) is 1. The van der Waals surface area contributed by atoms with Crippen molar-refractivity contribution in [2.75, 3.05) is 0 Å². The van der Waals surface area contributed by atoms with Crippen LogP contribution >= 0.6 is 0 Å². The second-order valence-electron chi connectivity index (χ2n) is 8.92. The molecule has 0 unspecified atom stereocenters. The molecule has 0 radical (unpaired) electrons. The smallest absolute Gasteiger partial charge is 0.406 e. The van der Waals surface area contributed by atoms with Crippen LogP contribution in [0.2, 0.25) is 0 Å². The SMILES string of the molecule is Cc1ccc(C(C)C)c(C(=O)CCc2ccc(-c3ncn(-c4ccc(OC(F)(F)F)cc4)n3)cc2)c1. The van der Waals surface area contributed by atoms with Gasteiger partial charge in [-0.15, -0.1) is 18.3 Å². The molecule has 0 saturated carbocycles. The molecule has 3 aromatic carbocycles. The molecule has 0 amide bonds. The summed E-state index contributed by atoms with van der Waals surface area (Å²) in [7, 11) is 0. The van der Waals surface area contributed by atoms with Crippen molar-refractivity contribution in [3.8, 4) is 22.8 Å². The summed E-state index contributed by atoms with van der Waals surface area (Å²) < 4.78 is 42.4. The molecule has 8 heteroatoms. The van der Waals surface area contributed by atoms with E-state index in [0.717, 1.165) is 27.8 Å². The zero-order chi connectivity index (χ0) is 25.9. The molecule has 0 aliphatic heterocycles. The first-order valence-electron chi connectivity index (χ1n) is 11.6. The van der Waals surface area contributed by atoms with Gasteiger partial charge in [-0.2, -0.15) is 0 Å². The molecule has 1 aromatic heterocycles. The number of hydrogen-bond donors (Lipinski definition) is 0. The first kappa shape index (κ1) is 25.2. The number of alkyl halides is 3. The maximum Gasteiger partial charge on any atom is 0.573 e. The van der Waals surface area contributed by atoms with Crippen molar-refractivity contribution in [3.63, 3.8) is 0 Å². The second-order valence-corrected chi connectivity index (χ2v) is 8.92. The van der Waals surface area contributed by atoms with Crippen LogP contribution in [0.4, 0.5) is 13.2 Å². The Labute approximate surface area is 207 Å². The number of nitrogens with zero attached hydrogens (tertiary/aromatic N) is 3. The highest BCUT2D eigenvalue weighted by Gasteiger charge is 2.31. The third-order valence-corrected chi connectivity index (χ3v) is 5.81. The van der Waals surface area contributed by atoms with E-state index in [9.17, 15) is 18.0 Å². The number of hydrogen-bond acceptors (Lipinski definition) is 4. The minimum atomic E-state index is -4.74. The molecule has 0 spiro atoms. The third kappa shape index (κ3) is 6.19. The van der Waals surface area contributed by atoms with E-state index in [1.807, 2.05) is 49.4 Å². The summed E-state index contributed by atoms with van der Waals surface area (Å²) in [6, 6.07) is 19.1. The molecule has 0 N–H and O–H groups in total. The summed E-state index contributed by atoms with van der Waals surface area (Å²) in [6.45, 7) is 6.17. The van der Waals surface area contributed by atoms with Gasteiger partial charge in [-0.3, -0.25) is 4.79 Å². The van der Waals surface area contributed by atoms with Crippen LogP contribution in [0.25, 0.3) is 17.1 Å². The molecular formula is C28H26F3N3O2. The van der Waals surface area contributed by atoms with Crippen molar-refractivity contribution >= 4 is 5.78 Å². The molecule has 186 valence electrons. The Kier molecular flexibility index (Phi) is 7.24. The Bertz CT molecular complexity index is 1340. The summed E-state index contributed by atoms with van der Waals surface area (Å²) in [6.07, 6.45) is -2.20. The van der Waals surface area contributed by atoms with Gasteiger partial charge in [0, 0.05) is 17.5 Å². The number of carbonyl (C=O) groups excluding carboxylic acids is 1. The Morgan fingerprint density at radius 3 is 2.33 bits per heavy atom. The molecule has 0 aliphatic carbocycles. The van der Waals surface area contributed by atoms with E-state index < -0.39 is 6.36 Å². The van der Waals surface area contributed by atoms with Crippen LogP contribution in [0.1, 0.15) is 53.2 Å². The van der Waals surface area contributed by atoms with Crippen molar-refractivity contribution < 1.29 is 22.7 Å². The van der Waals surface area contributed by atoms with E-state index in [-0.39, 0.29) is 17.5 Å². The number of carbonyl (C=O) groups is 1. The average molecular weight is 494 g/mol. The van der Waals surface area contributed by atoms with Gasteiger partial charge in [-0.25, -0.2) is 9.67 Å². The average Bonchev–Trinajstić information content (AvgIpc) is 3.32. The van der Waals surface area contributed by atoms with Crippen LogP contribution in [0.15, 0.2) is 73.1 Å². The van der Waals surface area contributed by atoms with E-state index in [2.05, 4.69) is 28.7 Å². The number of halogens is 3. The first-order chi connectivity index (χ1) is 17.1. The summed E-state index contributed by atoms with van der Waals surface area (Å²) in [4.78, 5) is 17.2. The second kappa shape index (κ2) is 10.4. The van der Waals surface area contributed by atoms with Crippen LogP contribution < -0.4 is 4.74 Å². The molecule has 5 nitrogen and oxygen atoms in total. The molecule has 0 aliphatic rings. The van der Waals surface area contributed by atoms with Gasteiger partial charge in [0.2, 0.25) is 0 Å². The summed E-state index contributed by atoms with van der Waals surface area (Å²) in [5.41, 5.74) is 5.33. The van der Waals surface area contributed by atoms with Crippen molar-refractivity contribution in [1.29, 1.82) is 0 Å². The molecule has 0 atom stereocenters. The van der Waals surface area contributed by atoms with Crippen molar-refractivity contribution in [2.45, 2.75) is 45.9 Å².